The number of rotatable bonds is 6. The van der Waals surface area contributed by atoms with Crippen molar-refractivity contribution < 1.29 is 17.4 Å². The molecule has 0 heterocycles. The second-order valence-electron chi connectivity index (χ2n) is 7.27. The minimum absolute atomic E-state index is 0.0332. The molecule has 0 aliphatic carbocycles. The monoisotopic (exact) mass is 666 g/mol. The number of hydrogen-bond donors (Lipinski definition) is 1. The summed E-state index contributed by atoms with van der Waals surface area (Å²) in [6.07, 6.45) is 1.40. The van der Waals surface area contributed by atoms with Gasteiger partial charge < -0.3 is 9.50 Å². The van der Waals surface area contributed by atoms with Crippen molar-refractivity contribution in [2.45, 2.75) is 18.7 Å². The number of carbonyl (C=O) groups excluding carboxylic acids is 1. The highest BCUT2D eigenvalue weighted by Gasteiger charge is 2.19. The van der Waals surface area contributed by atoms with E-state index in [1.54, 1.807) is 24.3 Å². The molecule has 3 rings (SSSR count). The van der Waals surface area contributed by atoms with Gasteiger partial charge in [-0.15, -0.1) is 0 Å². The molecule has 1 amide bonds. The van der Waals surface area contributed by atoms with Crippen molar-refractivity contribution in [3.05, 3.63) is 90.3 Å². The number of anilines is 1. The number of hydrogen-bond acceptors (Lipinski definition) is 5. The van der Waals surface area contributed by atoms with Crippen molar-refractivity contribution >= 4 is 75.6 Å². The van der Waals surface area contributed by atoms with E-state index in [2.05, 4.69) is 53.1 Å². The van der Waals surface area contributed by atoms with E-state index in [4.69, 9.17) is 4.18 Å². The number of nitrogens with one attached hydrogen (secondary N) is 1. The van der Waals surface area contributed by atoms with Crippen LogP contribution in [-0.4, -0.2) is 14.3 Å². The second-order valence-corrected chi connectivity index (χ2v) is 11.4. The third-order valence-electron chi connectivity index (χ3n) is 4.57. The van der Waals surface area contributed by atoms with Gasteiger partial charge in [-0.1, -0.05) is 23.8 Å². The fraction of sp³-hybridized carbons (Fsp3) is 0.0833. The van der Waals surface area contributed by atoms with E-state index in [1.807, 2.05) is 32.0 Å². The van der Waals surface area contributed by atoms with Gasteiger partial charge in [0.25, 0.3) is 5.91 Å². The highest BCUT2D eigenvalue weighted by Crippen LogP contribution is 2.33. The molecule has 0 radical (unpaired) electrons. The van der Waals surface area contributed by atoms with Crippen molar-refractivity contribution in [3.8, 4) is 11.8 Å². The fourth-order valence-electron chi connectivity index (χ4n) is 2.86. The molecule has 34 heavy (non-hydrogen) atoms. The van der Waals surface area contributed by atoms with E-state index in [0.717, 1.165) is 11.1 Å². The van der Waals surface area contributed by atoms with Gasteiger partial charge in [-0.2, -0.15) is 13.7 Å². The van der Waals surface area contributed by atoms with Crippen LogP contribution in [0.25, 0.3) is 6.08 Å². The Labute approximate surface area is 223 Å². The van der Waals surface area contributed by atoms with Gasteiger partial charge in [-0.05, 0) is 115 Å². The molecule has 3 aromatic carbocycles. The summed E-state index contributed by atoms with van der Waals surface area (Å²) in [6, 6.07) is 16.4. The van der Waals surface area contributed by atoms with Crippen LogP contribution in [0.4, 0.5) is 5.69 Å². The van der Waals surface area contributed by atoms with Crippen molar-refractivity contribution in [2.24, 2.45) is 0 Å². The molecule has 0 aliphatic heterocycles. The summed E-state index contributed by atoms with van der Waals surface area (Å²) in [4.78, 5) is 12.7. The van der Waals surface area contributed by atoms with Gasteiger partial charge in [0, 0.05) is 8.95 Å². The molecule has 0 atom stereocenters. The van der Waals surface area contributed by atoms with E-state index in [-0.39, 0.29) is 16.2 Å². The van der Waals surface area contributed by atoms with Crippen LogP contribution in [0.15, 0.2) is 78.5 Å². The first-order valence-corrected chi connectivity index (χ1v) is 13.5. The van der Waals surface area contributed by atoms with Crippen LogP contribution in [0.3, 0.4) is 0 Å². The molecular formula is C24H17Br3N2O4S. The van der Waals surface area contributed by atoms with Crippen LogP contribution >= 0.6 is 47.8 Å². The normalized spacial score (nSPS) is 11.6. The average molecular weight is 669 g/mol. The standard InChI is InChI=1S/C24H17Br3N2O4S/c1-14-3-6-18(7-4-14)34(31,32)33-22-8-5-16(12-19(22)25)11-17(13-28)24(30)29-23-20(26)9-15(2)10-21(23)27/h3-12H,1-2H3,(H,29,30)/b17-11+. The molecule has 10 heteroatoms. The molecule has 3 aromatic rings. The Balaban J connectivity index is 1.83. The van der Waals surface area contributed by atoms with Crippen LogP contribution in [0.2, 0.25) is 0 Å². The Morgan fingerprint density at radius 1 is 0.941 bits per heavy atom. The van der Waals surface area contributed by atoms with Crippen molar-refractivity contribution in [2.75, 3.05) is 5.32 Å². The summed E-state index contributed by atoms with van der Waals surface area (Å²) in [5.74, 6) is -0.514. The van der Waals surface area contributed by atoms with Gasteiger partial charge in [0.15, 0.2) is 5.75 Å². The molecule has 6 nitrogen and oxygen atoms in total. The van der Waals surface area contributed by atoms with Crippen LogP contribution in [0, 0.1) is 25.2 Å². The maximum Gasteiger partial charge on any atom is 0.339 e. The molecule has 0 aliphatic rings. The first-order chi connectivity index (χ1) is 16.0. The quantitative estimate of drug-likeness (QED) is 0.175. The van der Waals surface area contributed by atoms with Gasteiger partial charge in [0.1, 0.15) is 16.5 Å². The summed E-state index contributed by atoms with van der Waals surface area (Å²) in [5, 5.41) is 12.2. The third-order valence-corrected chi connectivity index (χ3v) is 7.69. The Bertz CT molecular complexity index is 1420. The Morgan fingerprint density at radius 2 is 1.56 bits per heavy atom. The van der Waals surface area contributed by atoms with E-state index >= 15 is 0 Å². The first kappa shape index (κ1) is 26.2. The zero-order valence-electron chi connectivity index (χ0n) is 17.9. The molecule has 174 valence electrons. The van der Waals surface area contributed by atoms with Crippen LogP contribution in [-0.2, 0) is 14.9 Å². The first-order valence-electron chi connectivity index (χ1n) is 9.69. The van der Waals surface area contributed by atoms with E-state index in [9.17, 15) is 18.5 Å². The summed E-state index contributed by atoms with van der Waals surface area (Å²) in [5.41, 5.74) is 2.79. The second kappa shape index (κ2) is 10.9. The van der Waals surface area contributed by atoms with Crippen LogP contribution in [0.5, 0.6) is 5.75 Å². The number of aryl methyl sites for hydroxylation is 2. The predicted molar refractivity (Wildman–Crippen MR) is 142 cm³/mol. The Kier molecular flexibility index (Phi) is 8.36. The van der Waals surface area contributed by atoms with Crippen molar-refractivity contribution in [1.29, 1.82) is 5.26 Å². The van der Waals surface area contributed by atoms with Gasteiger partial charge in [-0.3, -0.25) is 4.79 Å². The lowest BCUT2D eigenvalue weighted by molar-refractivity contribution is -0.112. The summed E-state index contributed by atoms with van der Waals surface area (Å²) in [7, 11) is -4.02. The molecule has 0 unspecified atom stereocenters. The highest BCUT2D eigenvalue weighted by molar-refractivity contribution is 9.11. The topological polar surface area (TPSA) is 96.3 Å². The lowest BCUT2D eigenvalue weighted by atomic mass is 10.1. The smallest absolute Gasteiger partial charge is 0.339 e. The largest absolute Gasteiger partial charge is 0.378 e. The highest BCUT2D eigenvalue weighted by atomic mass is 79.9. The van der Waals surface area contributed by atoms with E-state index < -0.39 is 16.0 Å². The zero-order chi connectivity index (χ0) is 25.0. The lowest BCUT2D eigenvalue weighted by Gasteiger charge is -2.11. The zero-order valence-corrected chi connectivity index (χ0v) is 23.5. The predicted octanol–water partition coefficient (Wildman–Crippen LogP) is 6.90. The Morgan fingerprint density at radius 3 is 2.12 bits per heavy atom. The van der Waals surface area contributed by atoms with Crippen LogP contribution < -0.4 is 9.50 Å². The SMILES string of the molecule is Cc1ccc(S(=O)(=O)Oc2ccc(/C=C(\C#N)C(=O)Nc3c(Br)cc(C)cc3Br)cc2Br)cc1. The van der Waals surface area contributed by atoms with Crippen LogP contribution in [0.1, 0.15) is 16.7 Å². The Hall–Kier alpha value is -2.45. The fourth-order valence-corrected chi connectivity index (χ4v) is 6.01. The number of amides is 1. The number of halogens is 3. The van der Waals surface area contributed by atoms with Crippen molar-refractivity contribution in [1.82, 2.24) is 0 Å². The summed E-state index contributed by atoms with van der Waals surface area (Å²) < 4.78 is 32.1. The molecular weight excluding hydrogens is 652 g/mol. The molecule has 0 spiro atoms. The lowest BCUT2D eigenvalue weighted by Crippen LogP contribution is -2.14. The van der Waals surface area contributed by atoms with E-state index in [0.29, 0.717) is 24.7 Å². The number of nitriles is 1. The molecule has 0 aromatic heterocycles. The van der Waals surface area contributed by atoms with Crippen molar-refractivity contribution in [3.63, 3.8) is 0 Å². The molecule has 0 saturated heterocycles. The number of nitrogens with zero attached hydrogens (tertiary/aromatic N) is 1. The maximum absolute atomic E-state index is 12.7. The van der Waals surface area contributed by atoms with Gasteiger partial charge >= 0.3 is 10.1 Å². The average Bonchev–Trinajstić information content (AvgIpc) is 2.76. The van der Waals surface area contributed by atoms with Gasteiger partial charge in [0.05, 0.1) is 10.2 Å². The van der Waals surface area contributed by atoms with E-state index in [1.165, 1.54) is 24.3 Å². The maximum atomic E-state index is 12.7. The summed E-state index contributed by atoms with van der Waals surface area (Å²) >= 11 is 10.1. The van der Waals surface area contributed by atoms with Gasteiger partial charge in [0.2, 0.25) is 0 Å². The summed E-state index contributed by atoms with van der Waals surface area (Å²) in [6.45, 7) is 3.77. The molecule has 1 N–H and O–H groups in total. The third kappa shape index (κ3) is 6.36. The molecule has 0 fully saturated rings. The van der Waals surface area contributed by atoms with Gasteiger partial charge in [-0.25, -0.2) is 0 Å². The number of benzene rings is 3. The molecule has 0 saturated carbocycles. The minimum atomic E-state index is -4.02. The molecule has 0 bridgehead atoms. The minimum Gasteiger partial charge on any atom is -0.378 e. The number of carbonyl (C=O) groups is 1.